The van der Waals surface area contributed by atoms with E-state index in [1.807, 2.05) is 0 Å². The van der Waals surface area contributed by atoms with E-state index in [2.05, 4.69) is 20.4 Å². The Hall–Kier alpha value is -0.360. The van der Waals surface area contributed by atoms with Crippen molar-refractivity contribution in [3.05, 3.63) is 0 Å². The Bertz CT molecular complexity index is 686. The second-order valence-corrected chi connectivity index (χ2v) is 13.1. The van der Waals surface area contributed by atoms with Crippen LogP contribution in [0.3, 0.4) is 0 Å². The minimum atomic E-state index is -0.873. The van der Waals surface area contributed by atoms with Crippen LogP contribution in [-0.2, 0) is 9.59 Å². The Morgan fingerprint density at radius 2 is 1.58 bits per heavy atom. The van der Waals surface area contributed by atoms with E-state index < -0.39 is 11.6 Å². The van der Waals surface area contributed by atoms with Gasteiger partial charge in [-0.2, -0.15) is 0 Å². The van der Waals surface area contributed by atoms with E-state index >= 15 is 0 Å². The van der Waals surface area contributed by atoms with Gasteiger partial charge in [-0.1, -0.05) is 21.6 Å². The summed E-state index contributed by atoms with van der Waals surface area (Å²) in [7, 11) is 3.15. The Labute approximate surface area is 206 Å². The van der Waals surface area contributed by atoms with Crippen LogP contribution in [0.5, 0.6) is 0 Å². The maximum atomic E-state index is 13.1. The van der Waals surface area contributed by atoms with Gasteiger partial charge in [-0.15, -0.1) is 0 Å². The van der Waals surface area contributed by atoms with Crippen LogP contribution in [0, 0.1) is 0 Å². The zero-order valence-corrected chi connectivity index (χ0v) is 21.5. The molecule has 0 radical (unpaired) electrons. The number of nitrogens with one attached hydrogen (secondary N) is 2. The van der Waals surface area contributed by atoms with Crippen molar-refractivity contribution < 1.29 is 9.59 Å². The third-order valence-electron chi connectivity index (χ3n) is 8.37. The lowest BCUT2D eigenvalue weighted by Gasteiger charge is -2.44. The van der Waals surface area contributed by atoms with Gasteiger partial charge >= 0.3 is 0 Å². The molecule has 0 unspecified atom stereocenters. The largest absolute Gasteiger partial charge is 0.336 e. The fourth-order valence-corrected chi connectivity index (χ4v) is 8.89. The Balaban J connectivity index is 1.24. The number of hydrogen-bond acceptors (Lipinski definition) is 9. The molecule has 33 heavy (non-hydrogen) atoms. The van der Waals surface area contributed by atoms with E-state index in [1.165, 1.54) is 12.8 Å². The van der Waals surface area contributed by atoms with Gasteiger partial charge in [-0.3, -0.25) is 9.69 Å². The number of piperidine rings is 2. The van der Waals surface area contributed by atoms with Gasteiger partial charge in [0, 0.05) is 35.7 Å². The molecule has 0 aliphatic carbocycles. The van der Waals surface area contributed by atoms with Crippen LogP contribution >= 0.6 is 21.6 Å². The summed E-state index contributed by atoms with van der Waals surface area (Å²) >= 11 is 0. The number of likely N-dealkylation sites (tertiary alicyclic amines) is 2. The molecular weight excluding hydrogens is 456 g/mol. The molecule has 2 spiro atoms. The van der Waals surface area contributed by atoms with Crippen LogP contribution in [0.15, 0.2) is 0 Å². The smallest absolute Gasteiger partial charge is 0.240 e. The zero-order chi connectivity index (χ0) is 23.4. The van der Waals surface area contributed by atoms with Crippen LogP contribution < -0.4 is 22.1 Å². The highest BCUT2D eigenvalue weighted by Gasteiger charge is 2.46. The van der Waals surface area contributed by atoms with Crippen molar-refractivity contribution in [2.45, 2.75) is 74.0 Å². The first-order valence-electron chi connectivity index (χ1n) is 12.7. The number of amides is 1. The highest BCUT2D eigenvalue weighted by Crippen LogP contribution is 2.39. The standard InChI is InChI=1S/C23H42N6O2S2/c24-19(20(31)29-14-2-4-23(29)7-11-27-12-8-23)15-32-33-18-21(25,17-30)16-28-13-1-3-22(28)5-9-26-10-6-22/h17,19,26-27H,1-16,18,24-25H2/t19-,21+/m0/s1. The summed E-state index contributed by atoms with van der Waals surface area (Å²) in [5, 5.41) is 6.86. The summed E-state index contributed by atoms with van der Waals surface area (Å²) in [4.78, 5) is 29.7. The maximum Gasteiger partial charge on any atom is 0.240 e. The molecule has 4 rings (SSSR count). The van der Waals surface area contributed by atoms with Gasteiger partial charge in [-0.05, 0) is 84.1 Å². The molecule has 4 heterocycles. The number of hydrogen-bond donors (Lipinski definition) is 4. The summed E-state index contributed by atoms with van der Waals surface area (Å²) in [5.41, 5.74) is 12.3. The monoisotopic (exact) mass is 498 g/mol. The number of carbonyl (C=O) groups is 2. The van der Waals surface area contributed by atoms with Crippen LogP contribution in [0.1, 0.15) is 51.4 Å². The van der Waals surface area contributed by atoms with Gasteiger partial charge in [0.1, 0.15) is 6.29 Å². The van der Waals surface area contributed by atoms with Crippen LogP contribution in [0.2, 0.25) is 0 Å². The molecule has 4 saturated heterocycles. The maximum absolute atomic E-state index is 13.1. The second-order valence-electron chi connectivity index (χ2n) is 10.6. The summed E-state index contributed by atoms with van der Waals surface area (Å²) in [6.45, 7) is 6.50. The minimum absolute atomic E-state index is 0.0159. The van der Waals surface area contributed by atoms with Crippen LogP contribution in [-0.4, -0.2) is 102 Å². The SMILES string of the molecule is N[C@@H](CSSC[C@](N)(C=O)CN1CCCC12CCNCC2)C(=O)N1CCCC12CCNCC2. The molecule has 188 valence electrons. The molecule has 2 atom stereocenters. The topological polar surface area (TPSA) is 117 Å². The van der Waals surface area contributed by atoms with Gasteiger partial charge < -0.3 is 31.8 Å². The molecule has 10 heteroatoms. The average Bonchev–Trinajstić information content (AvgIpc) is 3.41. The Kier molecular flexibility index (Phi) is 8.68. The van der Waals surface area contributed by atoms with Crippen molar-refractivity contribution >= 4 is 33.8 Å². The van der Waals surface area contributed by atoms with E-state index in [-0.39, 0.29) is 17.0 Å². The molecule has 0 aromatic carbocycles. The lowest BCUT2D eigenvalue weighted by atomic mass is 9.85. The molecule has 4 aliphatic heterocycles. The summed E-state index contributed by atoms with van der Waals surface area (Å²) in [5.74, 6) is 1.16. The van der Waals surface area contributed by atoms with E-state index in [9.17, 15) is 9.59 Å². The molecule has 0 saturated carbocycles. The highest BCUT2D eigenvalue weighted by molar-refractivity contribution is 8.76. The first-order valence-corrected chi connectivity index (χ1v) is 15.1. The van der Waals surface area contributed by atoms with Crippen LogP contribution in [0.4, 0.5) is 0 Å². The number of nitrogens with two attached hydrogens (primary N) is 2. The predicted octanol–water partition coefficient (Wildman–Crippen LogP) is 0.554. The number of nitrogens with zero attached hydrogens (tertiary/aromatic N) is 2. The molecule has 8 nitrogen and oxygen atoms in total. The zero-order valence-electron chi connectivity index (χ0n) is 19.9. The lowest BCUT2D eigenvalue weighted by molar-refractivity contribution is -0.137. The molecule has 4 aliphatic rings. The molecule has 1 amide bonds. The third-order valence-corrected chi connectivity index (χ3v) is 10.9. The lowest BCUT2D eigenvalue weighted by Crippen LogP contribution is -2.60. The fourth-order valence-electron chi connectivity index (χ4n) is 6.41. The van der Waals surface area contributed by atoms with Gasteiger partial charge in [0.05, 0.1) is 11.6 Å². The van der Waals surface area contributed by atoms with Crippen molar-refractivity contribution in [3.8, 4) is 0 Å². The van der Waals surface area contributed by atoms with Crippen molar-refractivity contribution in [3.63, 3.8) is 0 Å². The molecule has 0 bridgehead atoms. The first-order chi connectivity index (χ1) is 15.9. The van der Waals surface area contributed by atoms with E-state index in [4.69, 9.17) is 11.5 Å². The first kappa shape index (κ1) is 25.7. The Morgan fingerprint density at radius 3 is 2.24 bits per heavy atom. The molecule has 0 aromatic rings. The quantitative estimate of drug-likeness (QED) is 0.205. The molecule has 0 aromatic heterocycles. The van der Waals surface area contributed by atoms with Crippen LogP contribution in [0.25, 0.3) is 0 Å². The van der Waals surface area contributed by atoms with Crippen molar-refractivity contribution in [2.24, 2.45) is 11.5 Å². The average molecular weight is 499 g/mol. The van der Waals surface area contributed by atoms with Gasteiger partial charge in [0.2, 0.25) is 5.91 Å². The number of rotatable bonds is 9. The van der Waals surface area contributed by atoms with E-state index in [0.717, 1.165) is 84.1 Å². The second kappa shape index (κ2) is 11.1. The van der Waals surface area contributed by atoms with Crippen molar-refractivity contribution in [2.75, 3.05) is 57.3 Å². The van der Waals surface area contributed by atoms with E-state index in [0.29, 0.717) is 18.1 Å². The molecule has 6 N–H and O–H groups in total. The third kappa shape index (κ3) is 5.73. The minimum Gasteiger partial charge on any atom is -0.336 e. The summed E-state index contributed by atoms with van der Waals surface area (Å²) in [6, 6.07) is -0.507. The van der Waals surface area contributed by atoms with E-state index in [1.54, 1.807) is 21.6 Å². The number of aldehydes is 1. The molecular formula is C23H42N6O2S2. The fraction of sp³-hybridized carbons (Fsp3) is 0.913. The summed E-state index contributed by atoms with van der Waals surface area (Å²) in [6.07, 6.45) is 9.81. The highest BCUT2D eigenvalue weighted by atomic mass is 33.1. The van der Waals surface area contributed by atoms with Gasteiger partial charge in [0.15, 0.2) is 0 Å². The predicted molar refractivity (Wildman–Crippen MR) is 137 cm³/mol. The normalized spacial score (nSPS) is 27.6. The van der Waals surface area contributed by atoms with Gasteiger partial charge in [-0.25, -0.2) is 0 Å². The van der Waals surface area contributed by atoms with Gasteiger partial charge in [0.25, 0.3) is 0 Å². The summed E-state index contributed by atoms with van der Waals surface area (Å²) < 4.78 is 0. The Morgan fingerprint density at radius 1 is 0.970 bits per heavy atom. The van der Waals surface area contributed by atoms with Crippen molar-refractivity contribution in [1.29, 1.82) is 0 Å². The molecule has 4 fully saturated rings. The number of carbonyl (C=O) groups excluding carboxylic acids is 2. The van der Waals surface area contributed by atoms with Crippen molar-refractivity contribution in [1.82, 2.24) is 20.4 Å².